The average Bonchev–Trinajstić information content (AvgIpc) is 2.65. The van der Waals surface area contributed by atoms with Crippen molar-refractivity contribution in [3.8, 4) is 11.5 Å². The maximum atomic E-state index is 12.0. The van der Waals surface area contributed by atoms with Gasteiger partial charge in [0.2, 0.25) is 6.10 Å². The zero-order valence-electron chi connectivity index (χ0n) is 13.5. The van der Waals surface area contributed by atoms with E-state index in [1.165, 1.54) is 0 Å². The number of carbonyl (C=O) groups excluding carboxylic acids is 2. The van der Waals surface area contributed by atoms with Crippen molar-refractivity contribution in [3.05, 3.63) is 58.1 Å². The first-order valence-electron chi connectivity index (χ1n) is 7.78. The molecule has 26 heavy (non-hydrogen) atoms. The molecular formula is C18H15Cl2NO5. The Balaban J connectivity index is 1.45. The van der Waals surface area contributed by atoms with Gasteiger partial charge in [0.15, 0.2) is 18.1 Å². The monoisotopic (exact) mass is 395 g/mol. The summed E-state index contributed by atoms with van der Waals surface area (Å²) in [5.74, 6) is -0.0997. The summed E-state index contributed by atoms with van der Waals surface area (Å²) in [5, 5.41) is 3.57. The van der Waals surface area contributed by atoms with Gasteiger partial charge in [0.25, 0.3) is 5.91 Å². The molecular weight excluding hydrogens is 381 g/mol. The van der Waals surface area contributed by atoms with Gasteiger partial charge in [-0.15, -0.1) is 0 Å². The van der Waals surface area contributed by atoms with Gasteiger partial charge in [0, 0.05) is 16.6 Å². The van der Waals surface area contributed by atoms with Crippen LogP contribution < -0.4 is 14.8 Å². The minimum Gasteiger partial charge on any atom is -0.485 e. The molecule has 1 aliphatic heterocycles. The van der Waals surface area contributed by atoms with E-state index in [9.17, 15) is 9.59 Å². The molecule has 1 atom stereocenters. The van der Waals surface area contributed by atoms with Gasteiger partial charge in [-0.25, -0.2) is 4.79 Å². The smallest absolute Gasteiger partial charge is 0.351 e. The number of para-hydroxylation sites is 2. The van der Waals surface area contributed by atoms with Gasteiger partial charge in [-0.05, 0) is 29.8 Å². The van der Waals surface area contributed by atoms with Gasteiger partial charge < -0.3 is 19.5 Å². The van der Waals surface area contributed by atoms with Crippen molar-refractivity contribution < 1.29 is 23.8 Å². The largest absolute Gasteiger partial charge is 0.485 e. The summed E-state index contributed by atoms with van der Waals surface area (Å²) >= 11 is 11.9. The number of hydrogen-bond donors (Lipinski definition) is 1. The van der Waals surface area contributed by atoms with Crippen molar-refractivity contribution in [1.82, 2.24) is 5.32 Å². The molecule has 0 bridgehead atoms. The van der Waals surface area contributed by atoms with Crippen LogP contribution in [-0.4, -0.2) is 31.2 Å². The summed E-state index contributed by atoms with van der Waals surface area (Å²) in [7, 11) is 0. The molecule has 136 valence electrons. The second kappa shape index (κ2) is 8.29. The highest BCUT2D eigenvalue weighted by molar-refractivity contribution is 6.35. The van der Waals surface area contributed by atoms with Crippen LogP contribution in [0.25, 0.3) is 0 Å². The van der Waals surface area contributed by atoms with E-state index in [-0.39, 0.29) is 13.2 Å². The Morgan fingerprint density at radius 3 is 2.69 bits per heavy atom. The van der Waals surface area contributed by atoms with E-state index in [1.807, 2.05) is 0 Å². The molecule has 0 unspecified atom stereocenters. The summed E-state index contributed by atoms with van der Waals surface area (Å²) < 4.78 is 15.9. The Hall–Kier alpha value is -2.44. The van der Waals surface area contributed by atoms with Gasteiger partial charge in [0.1, 0.15) is 6.61 Å². The minimum absolute atomic E-state index is 0.0256. The fraction of sp³-hybridized carbons (Fsp3) is 0.222. The third-order valence-corrected chi connectivity index (χ3v) is 4.20. The first kappa shape index (κ1) is 18.4. The number of halogens is 2. The lowest BCUT2D eigenvalue weighted by atomic mass is 10.2. The van der Waals surface area contributed by atoms with E-state index in [2.05, 4.69) is 5.32 Å². The van der Waals surface area contributed by atoms with Crippen molar-refractivity contribution in [3.63, 3.8) is 0 Å². The maximum Gasteiger partial charge on any atom is 0.351 e. The van der Waals surface area contributed by atoms with Gasteiger partial charge in [-0.1, -0.05) is 41.4 Å². The molecule has 6 nitrogen and oxygen atoms in total. The predicted molar refractivity (Wildman–Crippen MR) is 95.6 cm³/mol. The number of benzene rings is 2. The number of amides is 1. The van der Waals surface area contributed by atoms with Crippen LogP contribution in [-0.2, 0) is 20.9 Å². The highest BCUT2D eigenvalue weighted by atomic mass is 35.5. The number of rotatable bonds is 5. The van der Waals surface area contributed by atoms with Crippen LogP contribution in [0.15, 0.2) is 42.5 Å². The van der Waals surface area contributed by atoms with E-state index in [1.54, 1.807) is 42.5 Å². The van der Waals surface area contributed by atoms with Crippen LogP contribution in [0, 0.1) is 0 Å². The van der Waals surface area contributed by atoms with E-state index in [4.69, 9.17) is 37.4 Å². The van der Waals surface area contributed by atoms with Crippen molar-refractivity contribution >= 4 is 35.1 Å². The molecule has 0 spiro atoms. The summed E-state index contributed by atoms with van der Waals surface area (Å²) in [6, 6.07) is 12.0. The second-order valence-corrected chi connectivity index (χ2v) is 6.33. The highest BCUT2D eigenvalue weighted by Crippen LogP contribution is 2.31. The summed E-state index contributed by atoms with van der Waals surface area (Å²) in [6.07, 6.45) is -0.914. The van der Waals surface area contributed by atoms with E-state index in [0.717, 1.165) is 0 Å². The van der Waals surface area contributed by atoms with Gasteiger partial charge in [0.05, 0.1) is 0 Å². The topological polar surface area (TPSA) is 73.9 Å². The van der Waals surface area contributed by atoms with E-state index in [0.29, 0.717) is 27.1 Å². The molecule has 1 amide bonds. The Labute approximate surface area is 159 Å². The summed E-state index contributed by atoms with van der Waals surface area (Å²) in [6.45, 7) is -0.202. The standard InChI is InChI=1S/C18H15Cl2NO5/c19-12-6-5-11(13(20)7-12)8-21-17(22)10-25-18(23)16-9-24-14-3-1-2-4-15(14)26-16/h1-7,16H,8-10H2,(H,21,22)/t16-/m0/s1. The number of carbonyl (C=O) groups is 2. The molecule has 0 aromatic heterocycles. The molecule has 8 heteroatoms. The molecule has 1 aliphatic rings. The third-order valence-electron chi connectivity index (χ3n) is 3.61. The normalized spacial score (nSPS) is 15.2. The van der Waals surface area contributed by atoms with Crippen LogP contribution in [0.1, 0.15) is 5.56 Å². The average molecular weight is 396 g/mol. The lowest BCUT2D eigenvalue weighted by Gasteiger charge is -2.24. The zero-order valence-corrected chi connectivity index (χ0v) is 15.0. The van der Waals surface area contributed by atoms with Crippen LogP contribution in [0.3, 0.4) is 0 Å². The van der Waals surface area contributed by atoms with Crippen LogP contribution in [0.4, 0.5) is 0 Å². The Morgan fingerprint density at radius 1 is 1.15 bits per heavy atom. The van der Waals surface area contributed by atoms with Crippen molar-refractivity contribution in [2.45, 2.75) is 12.6 Å². The molecule has 0 saturated carbocycles. The molecule has 2 aromatic rings. The lowest BCUT2D eigenvalue weighted by molar-refractivity contribution is -0.157. The first-order valence-corrected chi connectivity index (χ1v) is 8.54. The Morgan fingerprint density at radius 2 is 1.92 bits per heavy atom. The lowest BCUT2D eigenvalue weighted by Crippen LogP contribution is -2.39. The SMILES string of the molecule is O=C(COC(=O)[C@@H]1COc2ccccc2O1)NCc1ccc(Cl)cc1Cl. The van der Waals surface area contributed by atoms with Crippen molar-refractivity contribution in [2.75, 3.05) is 13.2 Å². The molecule has 0 aliphatic carbocycles. The summed E-state index contributed by atoms with van der Waals surface area (Å²) in [5.41, 5.74) is 0.705. The fourth-order valence-electron chi connectivity index (χ4n) is 2.28. The predicted octanol–water partition coefficient (Wildman–Crippen LogP) is 2.99. The number of ether oxygens (including phenoxy) is 3. The van der Waals surface area contributed by atoms with Crippen molar-refractivity contribution in [1.29, 1.82) is 0 Å². The molecule has 1 heterocycles. The number of nitrogens with one attached hydrogen (secondary N) is 1. The molecule has 0 radical (unpaired) electrons. The molecule has 0 fully saturated rings. The van der Waals surface area contributed by atoms with Crippen LogP contribution in [0.5, 0.6) is 11.5 Å². The minimum atomic E-state index is -0.914. The first-order chi connectivity index (χ1) is 12.5. The van der Waals surface area contributed by atoms with E-state index >= 15 is 0 Å². The third kappa shape index (κ3) is 4.59. The van der Waals surface area contributed by atoms with Crippen LogP contribution in [0.2, 0.25) is 10.0 Å². The summed E-state index contributed by atoms with van der Waals surface area (Å²) in [4.78, 5) is 23.9. The molecule has 3 rings (SSSR count). The zero-order chi connectivity index (χ0) is 18.5. The molecule has 0 saturated heterocycles. The number of hydrogen-bond acceptors (Lipinski definition) is 5. The second-order valence-electron chi connectivity index (χ2n) is 5.48. The quantitative estimate of drug-likeness (QED) is 0.787. The van der Waals surface area contributed by atoms with E-state index < -0.39 is 24.6 Å². The Kier molecular flexibility index (Phi) is 5.85. The maximum absolute atomic E-state index is 12.0. The highest BCUT2D eigenvalue weighted by Gasteiger charge is 2.29. The van der Waals surface area contributed by atoms with Crippen LogP contribution >= 0.6 is 23.2 Å². The van der Waals surface area contributed by atoms with Crippen molar-refractivity contribution in [2.24, 2.45) is 0 Å². The number of fused-ring (bicyclic) bond motifs is 1. The fourth-order valence-corrected chi connectivity index (χ4v) is 2.75. The van der Waals surface area contributed by atoms with Gasteiger partial charge in [-0.3, -0.25) is 4.79 Å². The Bertz CT molecular complexity index is 827. The molecule has 1 N–H and O–H groups in total. The van der Waals surface area contributed by atoms with Gasteiger partial charge >= 0.3 is 5.97 Å². The molecule has 2 aromatic carbocycles. The van der Waals surface area contributed by atoms with Gasteiger partial charge in [-0.2, -0.15) is 0 Å². The number of esters is 1.